The van der Waals surface area contributed by atoms with Gasteiger partial charge in [-0.05, 0) is 61.2 Å². The molecule has 0 aliphatic carbocycles. The lowest BCUT2D eigenvalue weighted by atomic mass is 9.97. The van der Waals surface area contributed by atoms with E-state index in [1.807, 2.05) is 0 Å². The molecule has 0 atom stereocenters. The largest absolute Gasteiger partial charge is 0.465 e. The maximum Gasteiger partial charge on any atom is 0.246 e. The summed E-state index contributed by atoms with van der Waals surface area (Å²) in [6.45, 7) is 1.61. The van der Waals surface area contributed by atoms with Crippen LogP contribution in [-0.2, 0) is 14.8 Å². The Kier molecular flexibility index (Phi) is 6.51. The first-order chi connectivity index (χ1) is 12.9. The topological polar surface area (TPSA) is 79.6 Å². The zero-order valence-electron chi connectivity index (χ0n) is 14.7. The Balaban J connectivity index is 1.46. The normalized spacial score (nSPS) is 16.1. The summed E-state index contributed by atoms with van der Waals surface area (Å²) < 4.78 is 33.4. The zero-order valence-corrected chi connectivity index (χ0v) is 17.1. The lowest BCUT2D eigenvalue weighted by molar-refractivity contribution is -0.127. The van der Waals surface area contributed by atoms with Gasteiger partial charge in [-0.2, -0.15) is 0 Å². The van der Waals surface area contributed by atoms with E-state index in [1.54, 1.807) is 53.6 Å². The van der Waals surface area contributed by atoms with Crippen molar-refractivity contribution in [3.8, 4) is 0 Å². The molecule has 1 amide bonds. The Morgan fingerprint density at radius 3 is 2.56 bits per heavy atom. The van der Waals surface area contributed by atoms with Crippen LogP contribution in [-0.4, -0.2) is 38.9 Å². The quantitative estimate of drug-likeness (QED) is 0.681. The van der Waals surface area contributed by atoms with Crippen molar-refractivity contribution < 1.29 is 17.6 Å². The highest BCUT2D eigenvalue weighted by Gasteiger charge is 2.23. The third-order valence-corrected chi connectivity index (χ3v) is 6.51. The molecule has 0 unspecified atom stereocenters. The van der Waals surface area contributed by atoms with Gasteiger partial charge in [-0.15, -0.1) is 0 Å². The molecule has 0 bridgehead atoms. The molecule has 0 saturated carbocycles. The molecule has 2 aromatic rings. The summed E-state index contributed by atoms with van der Waals surface area (Å²) in [5.74, 6) is 0.800. The summed E-state index contributed by atoms with van der Waals surface area (Å²) in [6, 6.07) is 10.1. The van der Waals surface area contributed by atoms with Crippen LogP contribution in [0.25, 0.3) is 6.08 Å². The third-order valence-electron chi connectivity index (χ3n) is 4.55. The number of furan rings is 1. The van der Waals surface area contributed by atoms with Crippen LogP contribution >= 0.6 is 15.9 Å². The van der Waals surface area contributed by atoms with E-state index >= 15 is 0 Å². The number of likely N-dealkylation sites (tertiary alicyclic amines) is 1. The molecule has 0 spiro atoms. The SMILES string of the molecule is O=C(/C=C/c1ccco1)N1CCC(CNS(=O)(=O)c2ccc(Br)cc2)CC1. The van der Waals surface area contributed by atoms with E-state index in [0.717, 1.165) is 17.3 Å². The van der Waals surface area contributed by atoms with Gasteiger partial charge in [0.15, 0.2) is 0 Å². The minimum atomic E-state index is -3.51. The molecule has 1 aliphatic heterocycles. The minimum Gasteiger partial charge on any atom is -0.465 e. The maximum absolute atomic E-state index is 12.3. The predicted octanol–water partition coefficient (Wildman–Crippen LogP) is 3.27. The fraction of sp³-hybridized carbons (Fsp3) is 0.316. The van der Waals surface area contributed by atoms with Crippen LogP contribution < -0.4 is 4.72 Å². The number of amides is 1. The average Bonchev–Trinajstić information content (AvgIpc) is 3.19. The highest BCUT2D eigenvalue weighted by Crippen LogP contribution is 2.19. The molecule has 6 nitrogen and oxygen atoms in total. The zero-order chi connectivity index (χ0) is 19.3. The number of benzene rings is 1. The number of rotatable bonds is 6. The number of carbonyl (C=O) groups excluding carboxylic acids is 1. The summed E-state index contributed by atoms with van der Waals surface area (Å²) in [4.78, 5) is 14.2. The van der Waals surface area contributed by atoms with Crippen molar-refractivity contribution in [1.82, 2.24) is 9.62 Å². The van der Waals surface area contributed by atoms with Crippen LogP contribution in [0.15, 0.2) is 62.5 Å². The first kappa shape index (κ1) is 19.9. The van der Waals surface area contributed by atoms with Crippen molar-refractivity contribution in [2.45, 2.75) is 17.7 Å². The Labute approximate surface area is 167 Å². The molecule has 1 aromatic heterocycles. The van der Waals surface area contributed by atoms with E-state index < -0.39 is 10.0 Å². The van der Waals surface area contributed by atoms with Crippen LogP contribution in [0, 0.1) is 5.92 Å². The van der Waals surface area contributed by atoms with Crippen molar-refractivity contribution in [3.05, 3.63) is 59.0 Å². The summed E-state index contributed by atoms with van der Waals surface area (Å²) in [7, 11) is -3.51. The van der Waals surface area contributed by atoms with Crippen molar-refractivity contribution in [2.24, 2.45) is 5.92 Å². The first-order valence-corrected chi connectivity index (χ1v) is 11.0. The monoisotopic (exact) mass is 452 g/mol. The van der Waals surface area contributed by atoms with Crippen LogP contribution in [0.4, 0.5) is 0 Å². The van der Waals surface area contributed by atoms with E-state index in [-0.39, 0.29) is 16.7 Å². The average molecular weight is 453 g/mol. The number of nitrogens with zero attached hydrogens (tertiary/aromatic N) is 1. The highest BCUT2D eigenvalue weighted by molar-refractivity contribution is 9.10. The fourth-order valence-electron chi connectivity index (χ4n) is 2.93. The number of carbonyl (C=O) groups is 1. The fourth-order valence-corrected chi connectivity index (χ4v) is 4.31. The van der Waals surface area contributed by atoms with Gasteiger partial charge in [0.25, 0.3) is 0 Å². The lowest BCUT2D eigenvalue weighted by Crippen LogP contribution is -2.40. The number of sulfonamides is 1. The summed E-state index contributed by atoms with van der Waals surface area (Å²) in [5.41, 5.74) is 0. The number of nitrogens with one attached hydrogen (secondary N) is 1. The van der Waals surface area contributed by atoms with Crippen LogP contribution in [0.3, 0.4) is 0 Å². The summed E-state index contributed by atoms with van der Waals surface area (Å²) in [6.07, 6.45) is 6.26. The number of hydrogen-bond acceptors (Lipinski definition) is 4. The van der Waals surface area contributed by atoms with E-state index in [9.17, 15) is 13.2 Å². The second kappa shape index (κ2) is 8.86. The Bertz CT molecular complexity index is 884. The molecule has 2 heterocycles. The van der Waals surface area contributed by atoms with E-state index in [1.165, 1.54) is 6.08 Å². The number of hydrogen-bond donors (Lipinski definition) is 1. The maximum atomic E-state index is 12.3. The van der Waals surface area contributed by atoms with Gasteiger partial charge in [0, 0.05) is 30.2 Å². The highest BCUT2D eigenvalue weighted by atomic mass is 79.9. The molecule has 0 radical (unpaired) electrons. The molecule has 1 fully saturated rings. The van der Waals surface area contributed by atoms with Gasteiger partial charge in [0.1, 0.15) is 5.76 Å². The van der Waals surface area contributed by atoms with Crippen molar-refractivity contribution in [3.63, 3.8) is 0 Å². The lowest BCUT2D eigenvalue weighted by Gasteiger charge is -2.31. The second-order valence-electron chi connectivity index (χ2n) is 6.42. The van der Waals surface area contributed by atoms with Gasteiger partial charge in [0.05, 0.1) is 11.2 Å². The Morgan fingerprint density at radius 1 is 1.22 bits per heavy atom. The molecular formula is C19H21BrN2O4S. The van der Waals surface area contributed by atoms with Gasteiger partial charge in [0.2, 0.25) is 15.9 Å². The van der Waals surface area contributed by atoms with Gasteiger partial charge >= 0.3 is 0 Å². The van der Waals surface area contributed by atoms with Gasteiger partial charge < -0.3 is 9.32 Å². The molecule has 3 rings (SSSR count). The number of halogens is 1. The van der Waals surface area contributed by atoms with E-state index in [0.29, 0.717) is 25.4 Å². The van der Waals surface area contributed by atoms with Crippen molar-refractivity contribution >= 4 is 37.9 Å². The Morgan fingerprint density at radius 2 is 1.93 bits per heavy atom. The smallest absolute Gasteiger partial charge is 0.246 e. The van der Waals surface area contributed by atoms with E-state index in [4.69, 9.17) is 4.42 Å². The van der Waals surface area contributed by atoms with Crippen LogP contribution in [0.1, 0.15) is 18.6 Å². The molecule has 27 heavy (non-hydrogen) atoms. The molecule has 1 saturated heterocycles. The molecule has 1 N–H and O–H groups in total. The predicted molar refractivity (Wildman–Crippen MR) is 106 cm³/mol. The summed E-state index contributed by atoms with van der Waals surface area (Å²) >= 11 is 3.30. The van der Waals surface area contributed by atoms with Gasteiger partial charge in [-0.25, -0.2) is 13.1 Å². The molecule has 144 valence electrons. The van der Waals surface area contributed by atoms with Crippen molar-refractivity contribution in [2.75, 3.05) is 19.6 Å². The third kappa shape index (κ3) is 5.54. The molecular weight excluding hydrogens is 432 g/mol. The first-order valence-electron chi connectivity index (χ1n) is 8.70. The molecule has 1 aromatic carbocycles. The van der Waals surface area contributed by atoms with Crippen molar-refractivity contribution in [1.29, 1.82) is 0 Å². The molecule has 8 heteroatoms. The summed E-state index contributed by atoms with van der Waals surface area (Å²) in [5, 5.41) is 0. The Hall–Kier alpha value is -1.90. The minimum absolute atomic E-state index is 0.0553. The number of piperidine rings is 1. The second-order valence-corrected chi connectivity index (χ2v) is 9.11. The standard InChI is InChI=1S/C19H21BrN2O4S/c20-16-3-6-18(7-4-16)27(24,25)21-14-15-9-11-22(12-10-15)19(23)8-5-17-2-1-13-26-17/h1-8,13,15,21H,9-12,14H2/b8-5+. The molecule has 1 aliphatic rings. The van der Waals surface area contributed by atoms with Crippen LogP contribution in [0.5, 0.6) is 0 Å². The van der Waals surface area contributed by atoms with E-state index in [2.05, 4.69) is 20.7 Å². The van der Waals surface area contributed by atoms with Crippen LogP contribution in [0.2, 0.25) is 0 Å². The van der Waals surface area contributed by atoms with Gasteiger partial charge in [-0.1, -0.05) is 15.9 Å². The van der Waals surface area contributed by atoms with Gasteiger partial charge in [-0.3, -0.25) is 4.79 Å².